The number of benzene rings is 1. The van der Waals surface area contributed by atoms with E-state index in [1.54, 1.807) is 24.3 Å². The van der Waals surface area contributed by atoms with Crippen LogP contribution in [0.1, 0.15) is 87.9 Å². The first kappa shape index (κ1) is 22.8. The van der Waals surface area contributed by atoms with Crippen molar-refractivity contribution >= 4 is 11.9 Å². The second-order valence-electron chi connectivity index (χ2n) is 10.2. The van der Waals surface area contributed by atoms with E-state index < -0.39 is 11.9 Å². The Balaban J connectivity index is 1.68. The van der Waals surface area contributed by atoms with Crippen molar-refractivity contribution in [3.63, 3.8) is 0 Å². The Hall–Kier alpha value is -1.84. The minimum atomic E-state index is -0.416. The molecule has 3 rings (SSSR count). The summed E-state index contributed by atoms with van der Waals surface area (Å²) in [5.74, 6) is 2.50. The van der Waals surface area contributed by atoms with Gasteiger partial charge in [-0.3, -0.25) is 0 Å². The van der Waals surface area contributed by atoms with E-state index in [1.807, 2.05) is 0 Å². The van der Waals surface area contributed by atoms with E-state index in [-0.39, 0.29) is 12.2 Å². The van der Waals surface area contributed by atoms with Crippen molar-refractivity contribution in [2.45, 2.75) is 79.4 Å². The quantitative estimate of drug-likeness (QED) is 0.555. The molecule has 4 nitrogen and oxygen atoms in total. The largest absolute Gasteiger partial charge is 0.459 e. The normalized spacial score (nSPS) is 36.7. The Labute approximate surface area is 181 Å². The lowest BCUT2D eigenvalue weighted by Crippen LogP contribution is -2.35. The smallest absolute Gasteiger partial charge is 0.339 e. The molecule has 0 N–H and O–H groups in total. The van der Waals surface area contributed by atoms with Crippen molar-refractivity contribution in [2.75, 3.05) is 0 Å². The SMILES string of the molecule is CC1[C@H](C)CC(OC(=O)c2ccccc2C(=O)OC2C[C@@H](C)C(C)[C@@H](C)C2)C[C@@H]1C. The second-order valence-corrected chi connectivity index (χ2v) is 10.2. The van der Waals surface area contributed by atoms with Gasteiger partial charge < -0.3 is 9.47 Å². The fourth-order valence-electron chi connectivity index (χ4n) is 5.29. The lowest BCUT2D eigenvalue weighted by molar-refractivity contribution is -0.00751. The molecule has 0 heterocycles. The molecule has 2 saturated carbocycles. The molecular formula is C26H38O4. The molecule has 0 aliphatic heterocycles. The fourth-order valence-corrected chi connectivity index (χ4v) is 5.29. The number of hydrogen-bond acceptors (Lipinski definition) is 4. The molecule has 4 unspecified atom stereocenters. The monoisotopic (exact) mass is 414 g/mol. The molecule has 0 saturated heterocycles. The average molecular weight is 415 g/mol. The van der Waals surface area contributed by atoms with Crippen molar-refractivity contribution in [1.29, 1.82) is 0 Å². The predicted molar refractivity (Wildman–Crippen MR) is 118 cm³/mol. The summed E-state index contributed by atoms with van der Waals surface area (Å²) in [5.41, 5.74) is 0.624. The van der Waals surface area contributed by atoms with Gasteiger partial charge in [0.1, 0.15) is 12.2 Å². The van der Waals surface area contributed by atoms with Crippen molar-refractivity contribution in [3.8, 4) is 0 Å². The summed E-state index contributed by atoms with van der Waals surface area (Å²) in [4.78, 5) is 25.9. The standard InChI is InChI=1S/C26H38O4/c1-15-11-21(12-16(2)19(15)5)29-25(27)23-9-7-8-10-24(23)26(28)30-22-13-17(3)20(6)18(4)14-22/h7-10,15-22H,11-14H2,1-6H3/t15-,16+,17-,18+,19?,20?,21?,22?. The third-order valence-electron chi connectivity index (χ3n) is 8.04. The van der Waals surface area contributed by atoms with Gasteiger partial charge in [-0.1, -0.05) is 53.7 Å². The van der Waals surface area contributed by atoms with Crippen LogP contribution in [-0.2, 0) is 9.47 Å². The summed E-state index contributed by atoms with van der Waals surface area (Å²) >= 11 is 0. The molecule has 0 bridgehead atoms. The molecule has 0 spiro atoms. The molecule has 2 aliphatic carbocycles. The van der Waals surface area contributed by atoms with E-state index in [4.69, 9.17) is 9.47 Å². The molecule has 30 heavy (non-hydrogen) atoms. The number of carbonyl (C=O) groups is 2. The molecule has 4 heteroatoms. The summed E-state index contributed by atoms with van der Waals surface area (Å²) in [6.07, 6.45) is 3.31. The highest BCUT2D eigenvalue weighted by molar-refractivity contribution is 6.03. The fraction of sp³-hybridized carbons (Fsp3) is 0.692. The van der Waals surface area contributed by atoms with Crippen LogP contribution in [0.5, 0.6) is 0 Å². The summed E-state index contributed by atoms with van der Waals surface area (Å²) in [6.45, 7) is 13.4. The van der Waals surface area contributed by atoms with Crippen LogP contribution in [0.25, 0.3) is 0 Å². The van der Waals surface area contributed by atoms with Crippen LogP contribution >= 0.6 is 0 Å². The van der Waals surface area contributed by atoms with Gasteiger partial charge in [0.25, 0.3) is 0 Å². The Morgan fingerprint density at radius 2 is 0.933 bits per heavy atom. The summed E-state index contributed by atoms with van der Waals surface area (Å²) in [7, 11) is 0. The second kappa shape index (κ2) is 9.53. The summed E-state index contributed by atoms with van der Waals surface area (Å²) in [5, 5.41) is 0. The highest BCUT2D eigenvalue weighted by Crippen LogP contribution is 2.37. The summed E-state index contributed by atoms with van der Waals surface area (Å²) in [6, 6.07) is 6.89. The maximum Gasteiger partial charge on any atom is 0.339 e. The van der Waals surface area contributed by atoms with E-state index >= 15 is 0 Å². The number of esters is 2. The predicted octanol–water partition coefficient (Wildman–Crippen LogP) is 6.14. The first-order valence-corrected chi connectivity index (χ1v) is 11.7. The van der Waals surface area contributed by atoms with Gasteiger partial charge >= 0.3 is 11.9 Å². The zero-order valence-electron chi connectivity index (χ0n) is 19.4. The third-order valence-corrected chi connectivity index (χ3v) is 8.04. The molecule has 0 amide bonds. The van der Waals surface area contributed by atoms with Crippen LogP contribution in [-0.4, -0.2) is 24.1 Å². The molecule has 166 valence electrons. The van der Waals surface area contributed by atoms with Crippen LogP contribution in [0.3, 0.4) is 0 Å². The zero-order chi connectivity index (χ0) is 22.0. The summed E-state index contributed by atoms with van der Waals surface area (Å²) < 4.78 is 11.7. The van der Waals surface area contributed by atoms with Crippen molar-refractivity contribution < 1.29 is 19.1 Å². The van der Waals surface area contributed by atoms with Gasteiger partial charge in [0.15, 0.2) is 0 Å². The zero-order valence-corrected chi connectivity index (χ0v) is 19.4. The van der Waals surface area contributed by atoms with E-state index in [1.165, 1.54) is 0 Å². The molecule has 1 aromatic carbocycles. The minimum absolute atomic E-state index is 0.0932. The van der Waals surface area contributed by atoms with Gasteiger partial charge in [0, 0.05) is 0 Å². The van der Waals surface area contributed by atoms with E-state index in [0.29, 0.717) is 46.6 Å². The lowest BCUT2D eigenvalue weighted by Gasteiger charge is -2.37. The topological polar surface area (TPSA) is 52.6 Å². The first-order valence-electron chi connectivity index (χ1n) is 11.7. The Morgan fingerprint density at radius 1 is 0.633 bits per heavy atom. The van der Waals surface area contributed by atoms with Gasteiger partial charge in [-0.05, 0) is 73.3 Å². The van der Waals surface area contributed by atoms with Gasteiger partial charge in [0.2, 0.25) is 0 Å². The number of hydrogen-bond donors (Lipinski definition) is 0. The highest BCUT2D eigenvalue weighted by Gasteiger charge is 2.35. The van der Waals surface area contributed by atoms with Crippen molar-refractivity contribution in [3.05, 3.63) is 35.4 Å². The van der Waals surface area contributed by atoms with Crippen LogP contribution < -0.4 is 0 Å². The number of ether oxygens (including phenoxy) is 2. The van der Waals surface area contributed by atoms with Crippen LogP contribution in [0, 0.1) is 35.5 Å². The Bertz CT molecular complexity index is 670. The van der Waals surface area contributed by atoms with Crippen LogP contribution in [0.2, 0.25) is 0 Å². The van der Waals surface area contributed by atoms with Crippen molar-refractivity contribution in [2.24, 2.45) is 35.5 Å². The first-order chi connectivity index (χ1) is 14.2. The molecule has 0 radical (unpaired) electrons. The Kier molecular flexibility index (Phi) is 7.26. The van der Waals surface area contributed by atoms with Crippen molar-refractivity contribution in [1.82, 2.24) is 0 Å². The number of rotatable bonds is 4. The Morgan fingerprint density at radius 3 is 1.23 bits per heavy atom. The molecule has 0 aromatic heterocycles. The highest BCUT2D eigenvalue weighted by atomic mass is 16.5. The molecular weight excluding hydrogens is 376 g/mol. The molecule has 2 fully saturated rings. The van der Waals surface area contributed by atoms with Crippen LogP contribution in [0.15, 0.2) is 24.3 Å². The van der Waals surface area contributed by atoms with Crippen LogP contribution in [0.4, 0.5) is 0 Å². The maximum atomic E-state index is 12.9. The van der Waals surface area contributed by atoms with Gasteiger partial charge in [-0.25, -0.2) is 9.59 Å². The molecule has 1 aromatic rings. The average Bonchev–Trinajstić information content (AvgIpc) is 2.70. The number of carbonyl (C=O) groups excluding carboxylic acids is 2. The lowest BCUT2D eigenvalue weighted by atomic mass is 9.73. The van der Waals surface area contributed by atoms with E-state index in [2.05, 4.69) is 41.5 Å². The van der Waals surface area contributed by atoms with E-state index in [9.17, 15) is 9.59 Å². The maximum absolute atomic E-state index is 12.9. The molecule has 8 atom stereocenters. The van der Waals surface area contributed by atoms with Gasteiger partial charge in [-0.15, -0.1) is 0 Å². The van der Waals surface area contributed by atoms with Gasteiger partial charge in [-0.2, -0.15) is 0 Å². The van der Waals surface area contributed by atoms with E-state index in [0.717, 1.165) is 25.7 Å². The molecule has 2 aliphatic rings. The third kappa shape index (κ3) is 5.07. The van der Waals surface area contributed by atoms with Gasteiger partial charge in [0.05, 0.1) is 11.1 Å². The minimum Gasteiger partial charge on any atom is -0.459 e.